The lowest BCUT2D eigenvalue weighted by Gasteiger charge is -2.16. The highest BCUT2D eigenvalue weighted by molar-refractivity contribution is 5.27. The number of aromatic nitrogens is 2. The molecule has 0 bridgehead atoms. The SMILES string of the molecule is COc1ccc(CN2CCC(Oc3ncc(OC)cn3)C2)cc1. The lowest BCUT2D eigenvalue weighted by Crippen LogP contribution is -2.25. The van der Waals surface area contributed by atoms with Crippen molar-refractivity contribution in [3.8, 4) is 17.5 Å². The van der Waals surface area contributed by atoms with Crippen molar-refractivity contribution in [2.75, 3.05) is 27.3 Å². The summed E-state index contributed by atoms with van der Waals surface area (Å²) >= 11 is 0. The van der Waals surface area contributed by atoms with Gasteiger partial charge in [0.15, 0.2) is 5.75 Å². The zero-order valence-electron chi connectivity index (χ0n) is 13.4. The van der Waals surface area contributed by atoms with Crippen molar-refractivity contribution in [2.45, 2.75) is 19.1 Å². The Kier molecular flexibility index (Phi) is 4.92. The zero-order chi connectivity index (χ0) is 16.1. The highest BCUT2D eigenvalue weighted by atomic mass is 16.5. The van der Waals surface area contributed by atoms with Crippen molar-refractivity contribution in [3.05, 3.63) is 42.2 Å². The molecule has 1 fully saturated rings. The second-order valence-corrected chi connectivity index (χ2v) is 5.52. The molecule has 2 heterocycles. The molecule has 0 amide bonds. The molecular formula is C17H21N3O3. The smallest absolute Gasteiger partial charge is 0.316 e. The van der Waals surface area contributed by atoms with E-state index in [1.807, 2.05) is 12.1 Å². The Hall–Kier alpha value is -2.34. The summed E-state index contributed by atoms with van der Waals surface area (Å²) in [5.74, 6) is 1.51. The normalized spacial score (nSPS) is 17.9. The van der Waals surface area contributed by atoms with Gasteiger partial charge >= 0.3 is 6.01 Å². The van der Waals surface area contributed by atoms with Crippen LogP contribution in [0.4, 0.5) is 0 Å². The third-order valence-electron chi connectivity index (χ3n) is 3.91. The van der Waals surface area contributed by atoms with Gasteiger partial charge in [0, 0.05) is 19.6 Å². The van der Waals surface area contributed by atoms with E-state index in [0.717, 1.165) is 31.8 Å². The molecule has 1 aromatic heterocycles. The van der Waals surface area contributed by atoms with E-state index in [-0.39, 0.29) is 6.10 Å². The van der Waals surface area contributed by atoms with Gasteiger partial charge in [0.1, 0.15) is 11.9 Å². The molecule has 122 valence electrons. The van der Waals surface area contributed by atoms with Gasteiger partial charge in [-0.25, -0.2) is 0 Å². The van der Waals surface area contributed by atoms with Gasteiger partial charge in [-0.1, -0.05) is 12.1 Å². The van der Waals surface area contributed by atoms with Crippen LogP contribution in [0.25, 0.3) is 0 Å². The number of nitrogens with zero attached hydrogens (tertiary/aromatic N) is 3. The third kappa shape index (κ3) is 4.10. The number of benzene rings is 1. The lowest BCUT2D eigenvalue weighted by molar-refractivity contribution is 0.183. The van der Waals surface area contributed by atoms with E-state index in [1.165, 1.54) is 5.56 Å². The quantitative estimate of drug-likeness (QED) is 0.814. The molecule has 6 nitrogen and oxygen atoms in total. The summed E-state index contributed by atoms with van der Waals surface area (Å²) in [5, 5.41) is 0. The van der Waals surface area contributed by atoms with Crippen molar-refractivity contribution in [2.24, 2.45) is 0 Å². The van der Waals surface area contributed by atoms with Gasteiger partial charge < -0.3 is 14.2 Å². The molecular weight excluding hydrogens is 294 g/mol. The first-order chi connectivity index (χ1) is 11.3. The van der Waals surface area contributed by atoms with Crippen LogP contribution in [-0.2, 0) is 6.54 Å². The lowest BCUT2D eigenvalue weighted by atomic mass is 10.2. The Labute approximate surface area is 136 Å². The molecule has 23 heavy (non-hydrogen) atoms. The number of rotatable bonds is 6. The molecule has 6 heteroatoms. The van der Waals surface area contributed by atoms with Gasteiger partial charge in [0.2, 0.25) is 0 Å². The van der Waals surface area contributed by atoms with Crippen molar-refractivity contribution < 1.29 is 14.2 Å². The predicted molar refractivity (Wildman–Crippen MR) is 85.9 cm³/mol. The maximum Gasteiger partial charge on any atom is 0.316 e. The van der Waals surface area contributed by atoms with Crippen LogP contribution in [0, 0.1) is 0 Å². The Morgan fingerprint density at radius 2 is 1.74 bits per heavy atom. The van der Waals surface area contributed by atoms with E-state index in [0.29, 0.717) is 11.8 Å². The van der Waals surface area contributed by atoms with E-state index in [2.05, 4.69) is 27.0 Å². The molecule has 1 aromatic carbocycles. The summed E-state index contributed by atoms with van der Waals surface area (Å²) < 4.78 is 16.1. The first-order valence-electron chi connectivity index (χ1n) is 7.65. The standard InChI is InChI=1S/C17H21N3O3/c1-21-14-5-3-13(4-6-14)11-20-8-7-15(12-20)23-17-18-9-16(22-2)10-19-17/h3-6,9-10,15H,7-8,11-12H2,1-2H3. The average molecular weight is 315 g/mol. The first kappa shape index (κ1) is 15.6. The molecule has 1 atom stereocenters. The van der Waals surface area contributed by atoms with Gasteiger partial charge in [0.05, 0.1) is 26.6 Å². The van der Waals surface area contributed by atoms with Gasteiger partial charge in [-0.05, 0) is 24.1 Å². The summed E-state index contributed by atoms with van der Waals surface area (Å²) in [5.41, 5.74) is 1.27. The molecule has 0 radical (unpaired) electrons. The molecule has 0 saturated carbocycles. The second kappa shape index (κ2) is 7.28. The maximum atomic E-state index is 5.84. The highest BCUT2D eigenvalue weighted by Crippen LogP contribution is 2.19. The predicted octanol–water partition coefficient (Wildman–Crippen LogP) is 2.15. The minimum absolute atomic E-state index is 0.127. The van der Waals surface area contributed by atoms with E-state index in [9.17, 15) is 0 Å². The first-order valence-corrected chi connectivity index (χ1v) is 7.65. The fourth-order valence-electron chi connectivity index (χ4n) is 2.65. The topological polar surface area (TPSA) is 56.7 Å². The van der Waals surface area contributed by atoms with Gasteiger partial charge in [-0.2, -0.15) is 9.97 Å². The Morgan fingerprint density at radius 3 is 2.39 bits per heavy atom. The Bertz CT molecular complexity index is 560. The van der Waals surface area contributed by atoms with Gasteiger partial charge in [-0.15, -0.1) is 0 Å². The van der Waals surface area contributed by atoms with Crippen LogP contribution in [0.15, 0.2) is 36.7 Å². The highest BCUT2D eigenvalue weighted by Gasteiger charge is 2.24. The maximum absolute atomic E-state index is 5.84. The van der Waals surface area contributed by atoms with E-state index >= 15 is 0 Å². The molecule has 0 spiro atoms. The van der Waals surface area contributed by atoms with Crippen molar-refractivity contribution in [3.63, 3.8) is 0 Å². The minimum Gasteiger partial charge on any atom is -0.497 e. The van der Waals surface area contributed by atoms with Crippen LogP contribution in [0.1, 0.15) is 12.0 Å². The van der Waals surface area contributed by atoms with Crippen LogP contribution in [0.5, 0.6) is 17.5 Å². The fourth-order valence-corrected chi connectivity index (χ4v) is 2.65. The molecule has 0 aliphatic carbocycles. The molecule has 1 unspecified atom stereocenters. The Balaban J connectivity index is 1.51. The number of likely N-dealkylation sites (tertiary alicyclic amines) is 1. The monoisotopic (exact) mass is 315 g/mol. The van der Waals surface area contributed by atoms with Crippen molar-refractivity contribution in [1.29, 1.82) is 0 Å². The van der Waals surface area contributed by atoms with Crippen LogP contribution < -0.4 is 14.2 Å². The molecule has 1 saturated heterocycles. The minimum atomic E-state index is 0.127. The number of hydrogen-bond acceptors (Lipinski definition) is 6. The summed E-state index contributed by atoms with van der Waals surface area (Å²) in [7, 11) is 3.27. The van der Waals surface area contributed by atoms with Crippen molar-refractivity contribution >= 4 is 0 Å². The molecule has 2 aromatic rings. The van der Waals surface area contributed by atoms with Crippen LogP contribution >= 0.6 is 0 Å². The van der Waals surface area contributed by atoms with E-state index in [1.54, 1.807) is 26.6 Å². The number of methoxy groups -OCH3 is 2. The van der Waals surface area contributed by atoms with Crippen LogP contribution in [0.2, 0.25) is 0 Å². The summed E-state index contributed by atoms with van der Waals surface area (Å²) in [4.78, 5) is 10.7. The zero-order valence-corrected chi connectivity index (χ0v) is 13.4. The summed E-state index contributed by atoms with van der Waals surface area (Å²) in [6, 6.07) is 8.58. The van der Waals surface area contributed by atoms with Crippen molar-refractivity contribution in [1.82, 2.24) is 14.9 Å². The number of hydrogen-bond donors (Lipinski definition) is 0. The summed E-state index contributed by atoms with van der Waals surface area (Å²) in [6.07, 6.45) is 4.34. The molecule has 3 rings (SSSR count). The second-order valence-electron chi connectivity index (χ2n) is 5.52. The van der Waals surface area contributed by atoms with Crippen LogP contribution in [-0.4, -0.2) is 48.3 Å². The average Bonchev–Trinajstić information content (AvgIpc) is 3.03. The van der Waals surface area contributed by atoms with E-state index < -0.39 is 0 Å². The third-order valence-corrected chi connectivity index (χ3v) is 3.91. The molecule has 0 N–H and O–H groups in total. The summed E-state index contributed by atoms with van der Waals surface area (Å²) in [6.45, 7) is 2.79. The largest absolute Gasteiger partial charge is 0.497 e. The van der Waals surface area contributed by atoms with Crippen LogP contribution in [0.3, 0.4) is 0 Å². The van der Waals surface area contributed by atoms with Gasteiger partial charge in [-0.3, -0.25) is 4.90 Å². The van der Waals surface area contributed by atoms with E-state index in [4.69, 9.17) is 14.2 Å². The molecule has 1 aliphatic rings. The number of ether oxygens (including phenoxy) is 3. The Morgan fingerprint density at radius 1 is 1.04 bits per heavy atom. The molecule has 1 aliphatic heterocycles. The van der Waals surface area contributed by atoms with Gasteiger partial charge in [0.25, 0.3) is 0 Å². The fraction of sp³-hybridized carbons (Fsp3) is 0.412.